The smallest absolute Gasteiger partial charge is 0.252 e. The predicted molar refractivity (Wildman–Crippen MR) is 55.7 cm³/mol. The Balaban J connectivity index is 3.19. The SMILES string of the molecule is Cc1cc(C(=O)Cl)cc(N(C)C)c1. The third kappa shape index (κ3) is 2.46. The first kappa shape index (κ1) is 10.1. The Morgan fingerprint density at radius 2 is 1.92 bits per heavy atom. The van der Waals surface area contributed by atoms with Crippen LogP contribution in [0.2, 0.25) is 0 Å². The van der Waals surface area contributed by atoms with Crippen molar-refractivity contribution < 1.29 is 4.79 Å². The largest absolute Gasteiger partial charge is 0.378 e. The Kier molecular flexibility index (Phi) is 2.94. The van der Waals surface area contributed by atoms with Crippen molar-refractivity contribution in [2.45, 2.75) is 6.92 Å². The van der Waals surface area contributed by atoms with Crippen LogP contribution in [0.1, 0.15) is 15.9 Å². The van der Waals surface area contributed by atoms with E-state index in [0.717, 1.165) is 11.3 Å². The van der Waals surface area contributed by atoms with Crippen molar-refractivity contribution in [3.05, 3.63) is 29.3 Å². The zero-order valence-corrected chi connectivity index (χ0v) is 8.72. The third-order valence-electron chi connectivity index (χ3n) is 1.81. The van der Waals surface area contributed by atoms with Gasteiger partial charge in [0.05, 0.1) is 0 Å². The second-order valence-electron chi connectivity index (χ2n) is 3.23. The molecule has 13 heavy (non-hydrogen) atoms. The zero-order valence-electron chi connectivity index (χ0n) is 7.97. The monoisotopic (exact) mass is 197 g/mol. The number of aryl methyl sites for hydroxylation is 1. The molecule has 0 aliphatic carbocycles. The molecule has 1 rings (SSSR count). The Morgan fingerprint density at radius 1 is 1.31 bits per heavy atom. The van der Waals surface area contributed by atoms with Gasteiger partial charge in [-0.2, -0.15) is 0 Å². The summed E-state index contributed by atoms with van der Waals surface area (Å²) in [6.07, 6.45) is 0. The minimum atomic E-state index is -0.410. The van der Waals surface area contributed by atoms with E-state index >= 15 is 0 Å². The van der Waals surface area contributed by atoms with Gasteiger partial charge >= 0.3 is 0 Å². The average Bonchev–Trinajstić information content (AvgIpc) is 2.03. The van der Waals surface area contributed by atoms with Gasteiger partial charge in [-0.25, -0.2) is 0 Å². The molecule has 1 aromatic carbocycles. The van der Waals surface area contributed by atoms with Crippen LogP contribution in [0.4, 0.5) is 5.69 Å². The van der Waals surface area contributed by atoms with E-state index in [-0.39, 0.29) is 0 Å². The fourth-order valence-electron chi connectivity index (χ4n) is 1.13. The lowest BCUT2D eigenvalue weighted by molar-refractivity contribution is 0.108. The molecule has 0 aromatic heterocycles. The Labute approximate surface area is 83.1 Å². The van der Waals surface area contributed by atoms with Crippen LogP contribution in [-0.4, -0.2) is 19.3 Å². The van der Waals surface area contributed by atoms with E-state index in [4.69, 9.17) is 11.6 Å². The first-order valence-electron chi connectivity index (χ1n) is 3.99. The van der Waals surface area contributed by atoms with E-state index in [0.29, 0.717) is 5.56 Å². The van der Waals surface area contributed by atoms with Crippen molar-refractivity contribution in [2.24, 2.45) is 0 Å². The summed E-state index contributed by atoms with van der Waals surface area (Å²) in [5.74, 6) is 0. The van der Waals surface area contributed by atoms with Crippen molar-refractivity contribution in [3.8, 4) is 0 Å². The molecular formula is C10H12ClNO. The summed E-state index contributed by atoms with van der Waals surface area (Å²) in [5.41, 5.74) is 2.57. The van der Waals surface area contributed by atoms with E-state index in [9.17, 15) is 4.79 Å². The van der Waals surface area contributed by atoms with E-state index in [1.807, 2.05) is 32.0 Å². The molecule has 3 heteroatoms. The topological polar surface area (TPSA) is 20.3 Å². The van der Waals surface area contributed by atoms with Gasteiger partial charge < -0.3 is 4.90 Å². The highest BCUT2D eigenvalue weighted by atomic mass is 35.5. The van der Waals surface area contributed by atoms with Gasteiger partial charge in [-0.05, 0) is 42.3 Å². The summed E-state index contributed by atoms with van der Waals surface area (Å²) in [6, 6.07) is 5.56. The normalized spacial score (nSPS) is 9.85. The molecular weight excluding hydrogens is 186 g/mol. The van der Waals surface area contributed by atoms with Crippen LogP contribution in [-0.2, 0) is 0 Å². The van der Waals surface area contributed by atoms with E-state index in [2.05, 4.69) is 0 Å². The average molecular weight is 198 g/mol. The second kappa shape index (κ2) is 3.79. The maximum Gasteiger partial charge on any atom is 0.252 e. The van der Waals surface area contributed by atoms with Gasteiger partial charge in [-0.1, -0.05) is 0 Å². The molecule has 0 aliphatic heterocycles. The number of carbonyl (C=O) groups is 1. The van der Waals surface area contributed by atoms with Crippen LogP contribution in [0, 0.1) is 6.92 Å². The third-order valence-corrected chi connectivity index (χ3v) is 2.02. The summed E-state index contributed by atoms with van der Waals surface area (Å²) in [4.78, 5) is 12.9. The van der Waals surface area contributed by atoms with Crippen molar-refractivity contribution >= 4 is 22.5 Å². The van der Waals surface area contributed by atoms with E-state index in [1.54, 1.807) is 12.1 Å². The highest BCUT2D eigenvalue weighted by Crippen LogP contribution is 2.17. The molecule has 0 amide bonds. The van der Waals surface area contributed by atoms with Crippen molar-refractivity contribution in [3.63, 3.8) is 0 Å². The fraction of sp³-hybridized carbons (Fsp3) is 0.300. The minimum absolute atomic E-state index is 0.410. The maximum absolute atomic E-state index is 10.9. The lowest BCUT2D eigenvalue weighted by Gasteiger charge is -2.13. The first-order chi connectivity index (χ1) is 6.00. The first-order valence-corrected chi connectivity index (χ1v) is 4.37. The number of carbonyl (C=O) groups excluding carboxylic acids is 1. The minimum Gasteiger partial charge on any atom is -0.378 e. The van der Waals surface area contributed by atoms with Crippen molar-refractivity contribution in [1.29, 1.82) is 0 Å². The van der Waals surface area contributed by atoms with Gasteiger partial charge in [0.1, 0.15) is 0 Å². The summed E-state index contributed by atoms with van der Waals surface area (Å²) in [6.45, 7) is 1.94. The van der Waals surface area contributed by atoms with Crippen LogP contribution >= 0.6 is 11.6 Å². The van der Waals surface area contributed by atoms with Crippen LogP contribution in [0.3, 0.4) is 0 Å². The van der Waals surface area contributed by atoms with Gasteiger partial charge in [0, 0.05) is 25.3 Å². The Bertz CT molecular complexity index is 334. The summed E-state index contributed by atoms with van der Waals surface area (Å²) in [5, 5.41) is -0.410. The predicted octanol–water partition coefficient (Wildman–Crippen LogP) is 2.44. The molecule has 0 aliphatic rings. The number of hydrogen-bond acceptors (Lipinski definition) is 2. The van der Waals surface area contributed by atoms with Gasteiger partial charge in [-0.3, -0.25) is 4.79 Å². The lowest BCUT2D eigenvalue weighted by atomic mass is 10.1. The summed E-state index contributed by atoms with van der Waals surface area (Å²) >= 11 is 5.39. The molecule has 0 saturated heterocycles. The maximum atomic E-state index is 10.9. The number of anilines is 1. The molecule has 0 spiro atoms. The Hall–Kier alpha value is -1.02. The molecule has 2 nitrogen and oxygen atoms in total. The van der Waals surface area contributed by atoms with Gasteiger partial charge in [-0.15, -0.1) is 0 Å². The van der Waals surface area contributed by atoms with Crippen LogP contribution in [0.5, 0.6) is 0 Å². The van der Waals surface area contributed by atoms with Gasteiger partial charge in [0.25, 0.3) is 5.24 Å². The molecule has 0 atom stereocenters. The fourth-order valence-corrected chi connectivity index (χ4v) is 1.24. The summed E-state index contributed by atoms with van der Waals surface area (Å²) < 4.78 is 0. The molecule has 70 valence electrons. The molecule has 1 aromatic rings. The molecule has 0 bridgehead atoms. The second-order valence-corrected chi connectivity index (χ2v) is 3.57. The van der Waals surface area contributed by atoms with E-state index < -0.39 is 5.24 Å². The molecule has 0 saturated carbocycles. The molecule has 0 fully saturated rings. The molecule has 0 unspecified atom stereocenters. The van der Waals surface area contributed by atoms with Gasteiger partial charge in [0.2, 0.25) is 0 Å². The van der Waals surface area contributed by atoms with Crippen molar-refractivity contribution in [1.82, 2.24) is 0 Å². The van der Waals surface area contributed by atoms with E-state index in [1.165, 1.54) is 0 Å². The quantitative estimate of drug-likeness (QED) is 0.679. The van der Waals surface area contributed by atoms with Crippen molar-refractivity contribution in [2.75, 3.05) is 19.0 Å². The van der Waals surface area contributed by atoms with Gasteiger partial charge in [0.15, 0.2) is 0 Å². The number of rotatable bonds is 2. The standard InChI is InChI=1S/C10H12ClNO/c1-7-4-8(10(11)13)6-9(5-7)12(2)3/h4-6H,1-3H3. The molecule has 0 heterocycles. The number of halogens is 1. The number of nitrogens with zero attached hydrogens (tertiary/aromatic N) is 1. The zero-order chi connectivity index (χ0) is 10.0. The molecule has 0 radical (unpaired) electrons. The number of benzene rings is 1. The van der Waals surface area contributed by atoms with Crippen LogP contribution < -0.4 is 4.90 Å². The lowest BCUT2D eigenvalue weighted by Crippen LogP contribution is -2.09. The Morgan fingerprint density at radius 3 is 2.38 bits per heavy atom. The number of hydrogen-bond donors (Lipinski definition) is 0. The summed E-state index contributed by atoms with van der Waals surface area (Å²) in [7, 11) is 3.86. The van der Waals surface area contributed by atoms with Crippen LogP contribution in [0.25, 0.3) is 0 Å². The molecule has 0 N–H and O–H groups in total. The highest BCUT2D eigenvalue weighted by Gasteiger charge is 2.05. The highest BCUT2D eigenvalue weighted by molar-refractivity contribution is 6.67. The van der Waals surface area contributed by atoms with Crippen LogP contribution in [0.15, 0.2) is 18.2 Å².